The van der Waals surface area contributed by atoms with Crippen molar-refractivity contribution < 1.29 is 9.90 Å². The molecule has 0 saturated heterocycles. The van der Waals surface area contributed by atoms with Crippen LogP contribution in [0.15, 0.2) is 59.4 Å². The van der Waals surface area contributed by atoms with E-state index in [-0.39, 0.29) is 17.2 Å². The number of aromatic hydroxyl groups is 1. The number of H-pyrrole nitrogens is 1. The van der Waals surface area contributed by atoms with Crippen LogP contribution in [0, 0.1) is 0 Å². The summed E-state index contributed by atoms with van der Waals surface area (Å²) < 4.78 is 0. The molecular weight excluding hydrogens is 354 g/mol. The Bertz CT molecular complexity index is 1040. The van der Waals surface area contributed by atoms with Gasteiger partial charge in [0.15, 0.2) is 0 Å². The lowest BCUT2D eigenvalue weighted by molar-refractivity contribution is -0.132. The molecule has 0 bridgehead atoms. The van der Waals surface area contributed by atoms with E-state index in [0.29, 0.717) is 49.4 Å². The van der Waals surface area contributed by atoms with Gasteiger partial charge in [-0.3, -0.25) is 9.59 Å². The van der Waals surface area contributed by atoms with Crippen molar-refractivity contribution in [1.29, 1.82) is 0 Å². The molecule has 2 aromatic carbocycles. The molecule has 0 spiro atoms. The number of aryl methyl sites for hydroxylation is 1. The van der Waals surface area contributed by atoms with Gasteiger partial charge in [0.1, 0.15) is 11.6 Å². The summed E-state index contributed by atoms with van der Waals surface area (Å²) >= 11 is 0. The van der Waals surface area contributed by atoms with E-state index in [9.17, 15) is 14.7 Å². The number of phenolic OH excluding ortho intramolecular Hbond substituents is 1. The summed E-state index contributed by atoms with van der Waals surface area (Å²) in [5, 5.41) is 9.35. The molecule has 2 N–H and O–H groups in total. The number of fused-ring (bicyclic) bond motifs is 1. The highest BCUT2D eigenvalue weighted by Crippen LogP contribution is 2.19. The quantitative estimate of drug-likeness (QED) is 0.734. The van der Waals surface area contributed by atoms with Crippen molar-refractivity contribution in [2.45, 2.75) is 25.8 Å². The number of carbonyl (C=O) groups excluding carboxylic acids is 1. The third-order valence-corrected chi connectivity index (χ3v) is 5.04. The monoisotopic (exact) mass is 375 g/mol. The molecule has 3 aromatic rings. The van der Waals surface area contributed by atoms with Crippen LogP contribution in [-0.2, 0) is 24.2 Å². The number of aromatic amines is 1. The molecule has 6 nitrogen and oxygen atoms in total. The maximum atomic E-state index is 12.7. The Morgan fingerprint density at radius 2 is 1.86 bits per heavy atom. The minimum Gasteiger partial charge on any atom is -0.508 e. The van der Waals surface area contributed by atoms with Gasteiger partial charge in [0.2, 0.25) is 5.91 Å². The van der Waals surface area contributed by atoms with E-state index in [1.54, 1.807) is 17.0 Å². The highest BCUT2D eigenvalue weighted by Gasteiger charge is 2.24. The molecule has 0 radical (unpaired) electrons. The van der Waals surface area contributed by atoms with E-state index < -0.39 is 0 Å². The lowest BCUT2D eigenvalue weighted by atomic mass is 10.0. The molecule has 142 valence electrons. The number of nitrogens with zero attached hydrogens (tertiary/aromatic N) is 2. The molecule has 6 heteroatoms. The predicted octanol–water partition coefficient (Wildman–Crippen LogP) is 2.66. The van der Waals surface area contributed by atoms with Gasteiger partial charge in [0.05, 0.1) is 12.2 Å². The minimum absolute atomic E-state index is 0.0436. The summed E-state index contributed by atoms with van der Waals surface area (Å²) in [7, 11) is 0. The molecule has 0 aliphatic carbocycles. The number of nitrogens with one attached hydrogen (secondary N) is 1. The first-order valence-corrected chi connectivity index (χ1v) is 9.33. The van der Waals surface area contributed by atoms with Gasteiger partial charge in [-0.15, -0.1) is 0 Å². The van der Waals surface area contributed by atoms with Gasteiger partial charge in [0, 0.05) is 24.1 Å². The summed E-state index contributed by atoms with van der Waals surface area (Å²) in [6.07, 6.45) is 1.51. The third-order valence-electron chi connectivity index (χ3n) is 5.04. The first-order valence-electron chi connectivity index (χ1n) is 9.33. The normalized spacial score (nSPS) is 13.2. The molecule has 0 fully saturated rings. The molecule has 1 aliphatic rings. The van der Waals surface area contributed by atoms with Gasteiger partial charge in [-0.2, -0.15) is 0 Å². The van der Waals surface area contributed by atoms with Crippen LogP contribution < -0.4 is 5.56 Å². The van der Waals surface area contributed by atoms with Crippen LogP contribution in [0.3, 0.4) is 0 Å². The average Bonchev–Trinajstić information content (AvgIpc) is 2.73. The molecule has 1 amide bonds. The van der Waals surface area contributed by atoms with Crippen LogP contribution in [0.5, 0.6) is 5.75 Å². The van der Waals surface area contributed by atoms with E-state index >= 15 is 0 Å². The standard InChI is InChI=1S/C22H21N3O3/c26-17-9-6-15(7-10-17)8-11-20(27)25-13-12-18-19(14-25)23-21(24-22(18)28)16-4-2-1-3-5-16/h1-7,9-10,26H,8,11-14H2,(H,23,24,28). The second-order valence-electron chi connectivity index (χ2n) is 6.94. The first-order chi connectivity index (χ1) is 13.6. The number of benzene rings is 2. The van der Waals surface area contributed by atoms with Gasteiger partial charge >= 0.3 is 0 Å². The Morgan fingerprint density at radius 1 is 1.11 bits per heavy atom. The van der Waals surface area contributed by atoms with Gasteiger partial charge in [-0.25, -0.2) is 4.98 Å². The lowest BCUT2D eigenvalue weighted by Gasteiger charge is -2.28. The minimum atomic E-state index is -0.125. The number of hydrogen-bond donors (Lipinski definition) is 2. The van der Waals surface area contributed by atoms with Crippen LogP contribution in [0.2, 0.25) is 0 Å². The van der Waals surface area contributed by atoms with Crippen molar-refractivity contribution in [3.63, 3.8) is 0 Å². The Hall–Kier alpha value is -3.41. The van der Waals surface area contributed by atoms with Crippen molar-refractivity contribution in [2.75, 3.05) is 6.54 Å². The van der Waals surface area contributed by atoms with Crippen LogP contribution >= 0.6 is 0 Å². The van der Waals surface area contributed by atoms with Gasteiger partial charge in [-0.05, 0) is 30.5 Å². The molecule has 0 unspecified atom stereocenters. The smallest absolute Gasteiger partial charge is 0.254 e. The number of aromatic nitrogens is 2. The van der Waals surface area contributed by atoms with Crippen molar-refractivity contribution in [1.82, 2.24) is 14.9 Å². The highest BCUT2D eigenvalue weighted by atomic mass is 16.3. The zero-order chi connectivity index (χ0) is 19.5. The topological polar surface area (TPSA) is 86.3 Å². The second kappa shape index (κ2) is 7.68. The first kappa shape index (κ1) is 18.0. The lowest BCUT2D eigenvalue weighted by Crippen LogP contribution is -2.39. The molecular formula is C22H21N3O3. The van der Waals surface area contributed by atoms with E-state index in [1.165, 1.54) is 0 Å². The summed E-state index contributed by atoms with van der Waals surface area (Å²) in [5.41, 5.74) is 3.07. The third kappa shape index (κ3) is 3.81. The predicted molar refractivity (Wildman–Crippen MR) is 106 cm³/mol. The molecule has 0 atom stereocenters. The Balaban J connectivity index is 1.49. The van der Waals surface area contributed by atoms with E-state index in [4.69, 9.17) is 0 Å². The van der Waals surface area contributed by atoms with Gasteiger partial charge in [-0.1, -0.05) is 42.5 Å². The maximum Gasteiger partial charge on any atom is 0.254 e. The number of rotatable bonds is 4. The van der Waals surface area contributed by atoms with Crippen molar-refractivity contribution >= 4 is 5.91 Å². The number of amides is 1. The summed E-state index contributed by atoms with van der Waals surface area (Å²) in [4.78, 5) is 34.4. The van der Waals surface area contributed by atoms with Crippen molar-refractivity contribution in [3.8, 4) is 17.1 Å². The van der Waals surface area contributed by atoms with Crippen molar-refractivity contribution in [2.24, 2.45) is 0 Å². The van der Waals surface area contributed by atoms with Crippen LogP contribution in [0.4, 0.5) is 0 Å². The molecule has 1 aromatic heterocycles. The van der Waals surface area contributed by atoms with Crippen LogP contribution in [0.25, 0.3) is 11.4 Å². The highest BCUT2D eigenvalue weighted by molar-refractivity contribution is 5.76. The van der Waals surface area contributed by atoms with Gasteiger partial charge in [0.25, 0.3) is 5.56 Å². The zero-order valence-corrected chi connectivity index (χ0v) is 15.4. The fourth-order valence-electron chi connectivity index (χ4n) is 3.46. The average molecular weight is 375 g/mol. The molecule has 0 saturated carbocycles. The van der Waals surface area contributed by atoms with E-state index in [2.05, 4.69) is 9.97 Å². The fraction of sp³-hybridized carbons (Fsp3) is 0.227. The summed E-state index contributed by atoms with van der Waals surface area (Å²) in [5.74, 6) is 0.790. The number of carbonyl (C=O) groups is 1. The van der Waals surface area contributed by atoms with E-state index in [0.717, 1.165) is 11.1 Å². The molecule has 4 rings (SSSR count). The number of phenols is 1. The molecule has 2 heterocycles. The van der Waals surface area contributed by atoms with E-state index in [1.807, 2.05) is 42.5 Å². The SMILES string of the molecule is O=C(CCc1ccc(O)cc1)N1CCc2c(nc(-c3ccccc3)[nH]c2=O)C1. The number of hydrogen-bond acceptors (Lipinski definition) is 4. The molecule has 28 heavy (non-hydrogen) atoms. The molecule has 1 aliphatic heterocycles. The fourth-order valence-corrected chi connectivity index (χ4v) is 3.46. The summed E-state index contributed by atoms with van der Waals surface area (Å²) in [6, 6.07) is 16.4. The van der Waals surface area contributed by atoms with Crippen LogP contribution in [0.1, 0.15) is 23.2 Å². The largest absolute Gasteiger partial charge is 0.508 e. The van der Waals surface area contributed by atoms with Crippen molar-refractivity contribution in [3.05, 3.63) is 81.8 Å². The van der Waals surface area contributed by atoms with Crippen LogP contribution in [-0.4, -0.2) is 32.4 Å². The van der Waals surface area contributed by atoms with Gasteiger partial charge < -0.3 is 15.0 Å². The summed E-state index contributed by atoms with van der Waals surface area (Å²) in [6.45, 7) is 0.879. The Labute approximate surface area is 162 Å². The Kier molecular flexibility index (Phi) is 4.93. The zero-order valence-electron chi connectivity index (χ0n) is 15.4. The maximum absolute atomic E-state index is 12.7. The Morgan fingerprint density at radius 3 is 2.61 bits per heavy atom. The second-order valence-corrected chi connectivity index (χ2v) is 6.94.